The topological polar surface area (TPSA) is 92.4 Å². The molecule has 4 aromatic rings. The van der Waals surface area contributed by atoms with Gasteiger partial charge in [0.1, 0.15) is 23.0 Å². The molecule has 8 nitrogen and oxygen atoms in total. The molecule has 0 radical (unpaired) electrons. The molecule has 3 heterocycles. The van der Waals surface area contributed by atoms with Crippen molar-refractivity contribution in [2.24, 2.45) is 0 Å². The highest BCUT2D eigenvalue weighted by Gasteiger charge is 2.43. The number of halogens is 2. The van der Waals surface area contributed by atoms with Gasteiger partial charge in [-0.05, 0) is 57.1 Å². The molecule has 0 saturated heterocycles. The zero-order chi connectivity index (χ0) is 26.2. The zero-order valence-corrected chi connectivity index (χ0v) is 23.1. The van der Waals surface area contributed by atoms with Crippen LogP contribution in [0.5, 0.6) is 0 Å². The standard InChI is InChI=1S/C26H27Cl2N5O3S/c1-33(2)13-22(34)31-19-6-5-15(9-17(19)27)20-10-16-23(18(28)11-29-24(16)32-20)21-12-30-25(37-21)26(7-4-8-26)36-14-35-3/h5-6,9-12H,4,7-8,13-14H2,1-3H3,(H,29,32)(H,31,34). The molecule has 0 bridgehead atoms. The number of ether oxygens (including phenoxy) is 2. The number of H-pyrrole nitrogens is 1. The first-order valence-electron chi connectivity index (χ1n) is 11.8. The third-order valence-corrected chi connectivity index (χ3v) is 8.18. The van der Waals surface area contributed by atoms with Crippen molar-refractivity contribution in [3.8, 4) is 21.7 Å². The van der Waals surface area contributed by atoms with Crippen LogP contribution in [0.15, 0.2) is 36.7 Å². The molecule has 1 aliphatic rings. The summed E-state index contributed by atoms with van der Waals surface area (Å²) in [6.45, 7) is 0.505. The van der Waals surface area contributed by atoms with Gasteiger partial charge in [-0.3, -0.25) is 4.79 Å². The van der Waals surface area contributed by atoms with Crippen molar-refractivity contribution in [2.45, 2.75) is 24.9 Å². The molecule has 0 aliphatic heterocycles. The summed E-state index contributed by atoms with van der Waals surface area (Å²) in [5, 5.41) is 5.66. The molecule has 1 aromatic carbocycles. The van der Waals surface area contributed by atoms with E-state index in [2.05, 4.69) is 15.3 Å². The monoisotopic (exact) mass is 559 g/mol. The number of hydrogen-bond acceptors (Lipinski definition) is 7. The highest BCUT2D eigenvalue weighted by atomic mass is 35.5. The van der Waals surface area contributed by atoms with Gasteiger partial charge in [-0.25, -0.2) is 9.97 Å². The predicted molar refractivity (Wildman–Crippen MR) is 148 cm³/mol. The number of thiazole rings is 1. The molecule has 2 N–H and O–H groups in total. The largest absolute Gasteiger partial charge is 0.359 e. The lowest BCUT2D eigenvalue weighted by Gasteiger charge is -2.39. The van der Waals surface area contributed by atoms with E-state index in [0.29, 0.717) is 21.4 Å². The second-order valence-electron chi connectivity index (χ2n) is 9.34. The molecule has 0 atom stereocenters. The van der Waals surface area contributed by atoms with Crippen molar-refractivity contribution in [1.82, 2.24) is 19.9 Å². The van der Waals surface area contributed by atoms with Gasteiger partial charge in [0.2, 0.25) is 5.91 Å². The first kappa shape index (κ1) is 26.1. The van der Waals surface area contributed by atoms with E-state index in [9.17, 15) is 4.79 Å². The van der Waals surface area contributed by atoms with Gasteiger partial charge in [0.15, 0.2) is 0 Å². The number of carbonyl (C=O) groups is 1. The minimum Gasteiger partial charge on any atom is -0.359 e. The van der Waals surface area contributed by atoms with E-state index in [-0.39, 0.29) is 24.8 Å². The van der Waals surface area contributed by atoms with E-state index in [4.69, 9.17) is 37.7 Å². The maximum Gasteiger partial charge on any atom is 0.238 e. The molecular weight excluding hydrogens is 533 g/mol. The van der Waals surface area contributed by atoms with Crippen molar-refractivity contribution in [1.29, 1.82) is 0 Å². The Morgan fingerprint density at radius 2 is 2.00 bits per heavy atom. The van der Waals surface area contributed by atoms with Gasteiger partial charge in [0.25, 0.3) is 0 Å². The lowest BCUT2D eigenvalue weighted by atomic mass is 9.80. The summed E-state index contributed by atoms with van der Waals surface area (Å²) in [6.07, 6.45) is 6.44. The van der Waals surface area contributed by atoms with E-state index in [1.165, 1.54) is 0 Å². The van der Waals surface area contributed by atoms with E-state index in [1.807, 2.05) is 38.5 Å². The summed E-state index contributed by atoms with van der Waals surface area (Å²) < 4.78 is 11.2. The molecule has 194 valence electrons. The Balaban J connectivity index is 1.46. The number of nitrogens with zero attached hydrogens (tertiary/aromatic N) is 3. The van der Waals surface area contributed by atoms with Crippen molar-refractivity contribution in [2.75, 3.05) is 39.9 Å². The molecule has 3 aromatic heterocycles. The minimum absolute atomic E-state index is 0.131. The Kier molecular flexibility index (Phi) is 7.53. The van der Waals surface area contributed by atoms with Crippen LogP contribution in [-0.2, 0) is 19.9 Å². The number of aromatic nitrogens is 3. The summed E-state index contributed by atoms with van der Waals surface area (Å²) in [5.41, 5.74) is 3.45. The fraction of sp³-hybridized carbons (Fsp3) is 0.346. The van der Waals surface area contributed by atoms with E-state index < -0.39 is 0 Å². The fourth-order valence-electron chi connectivity index (χ4n) is 4.41. The van der Waals surface area contributed by atoms with E-state index in [1.54, 1.807) is 35.6 Å². The Bertz CT molecular complexity index is 1450. The second-order valence-corrected chi connectivity index (χ2v) is 11.2. The van der Waals surface area contributed by atoms with Crippen LogP contribution in [0.4, 0.5) is 5.69 Å². The number of likely N-dealkylation sites (N-methyl/N-ethyl adjacent to an activating group) is 1. The minimum atomic E-state index is -0.388. The summed E-state index contributed by atoms with van der Waals surface area (Å²) in [4.78, 5) is 27.5. The molecule has 0 unspecified atom stereocenters. The third kappa shape index (κ3) is 5.25. The van der Waals surface area contributed by atoms with Crippen molar-refractivity contribution in [3.05, 3.63) is 51.7 Å². The second kappa shape index (κ2) is 10.7. The highest BCUT2D eigenvalue weighted by molar-refractivity contribution is 7.15. The van der Waals surface area contributed by atoms with Crippen LogP contribution in [0.3, 0.4) is 0 Å². The number of hydrogen-bond donors (Lipinski definition) is 2. The van der Waals surface area contributed by atoms with Crippen molar-refractivity contribution < 1.29 is 14.3 Å². The van der Waals surface area contributed by atoms with Gasteiger partial charge in [0.05, 0.1) is 27.2 Å². The van der Waals surface area contributed by atoms with Gasteiger partial charge >= 0.3 is 0 Å². The molecule has 0 spiro atoms. The van der Waals surface area contributed by atoms with Gasteiger partial charge in [-0.2, -0.15) is 0 Å². The lowest BCUT2D eigenvalue weighted by Crippen LogP contribution is -2.37. The number of benzene rings is 1. The maximum atomic E-state index is 12.1. The maximum absolute atomic E-state index is 12.1. The number of rotatable bonds is 9. The predicted octanol–water partition coefficient (Wildman–Crippen LogP) is 6.16. The Morgan fingerprint density at radius 3 is 2.68 bits per heavy atom. The molecule has 1 amide bonds. The van der Waals surface area contributed by atoms with Crippen LogP contribution in [-0.4, -0.2) is 60.3 Å². The van der Waals surface area contributed by atoms with Gasteiger partial charge in [-0.1, -0.05) is 29.3 Å². The third-order valence-electron chi connectivity index (χ3n) is 6.38. The number of fused-ring (bicyclic) bond motifs is 1. The fourth-order valence-corrected chi connectivity index (χ4v) is 6.13. The van der Waals surface area contributed by atoms with Gasteiger partial charge in [0, 0.05) is 36.1 Å². The van der Waals surface area contributed by atoms with Crippen LogP contribution in [0, 0.1) is 0 Å². The summed E-state index contributed by atoms with van der Waals surface area (Å²) in [5.74, 6) is -0.131. The average molecular weight is 561 g/mol. The normalized spacial score (nSPS) is 14.8. The van der Waals surface area contributed by atoms with E-state index >= 15 is 0 Å². The number of anilines is 1. The molecule has 5 rings (SSSR count). The van der Waals surface area contributed by atoms with E-state index in [0.717, 1.165) is 51.4 Å². The van der Waals surface area contributed by atoms with Crippen LogP contribution in [0.2, 0.25) is 10.0 Å². The molecule has 37 heavy (non-hydrogen) atoms. The summed E-state index contributed by atoms with van der Waals surface area (Å²) >= 11 is 14.8. The first-order valence-corrected chi connectivity index (χ1v) is 13.4. The summed E-state index contributed by atoms with van der Waals surface area (Å²) in [6, 6.07) is 7.53. The first-order chi connectivity index (χ1) is 17.8. The van der Waals surface area contributed by atoms with Crippen molar-refractivity contribution >= 4 is 57.2 Å². The van der Waals surface area contributed by atoms with Crippen molar-refractivity contribution in [3.63, 3.8) is 0 Å². The lowest BCUT2D eigenvalue weighted by molar-refractivity contribution is -0.171. The van der Waals surface area contributed by atoms with Crippen LogP contribution in [0.25, 0.3) is 32.7 Å². The van der Waals surface area contributed by atoms with Gasteiger partial charge in [-0.15, -0.1) is 11.3 Å². The quantitative estimate of drug-likeness (QED) is 0.238. The molecule has 1 aliphatic carbocycles. The molecular formula is C26H27Cl2N5O3S. The number of methoxy groups -OCH3 is 1. The molecule has 1 saturated carbocycles. The Hall–Kier alpha value is -2.53. The zero-order valence-electron chi connectivity index (χ0n) is 20.7. The average Bonchev–Trinajstić information content (AvgIpc) is 3.47. The smallest absolute Gasteiger partial charge is 0.238 e. The molecule has 1 fully saturated rings. The number of carbonyl (C=O) groups excluding carboxylic acids is 1. The van der Waals surface area contributed by atoms with Crippen LogP contribution < -0.4 is 5.32 Å². The molecule has 11 heteroatoms. The number of nitrogens with one attached hydrogen (secondary N) is 2. The van der Waals surface area contributed by atoms with Crippen LogP contribution >= 0.6 is 34.5 Å². The Labute approximate surface area is 228 Å². The van der Waals surface area contributed by atoms with Crippen LogP contribution in [0.1, 0.15) is 24.3 Å². The highest BCUT2D eigenvalue weighted by Crippen LogP contribution is 2.48. The number of pyridine rings is 1. The van der Waals surface area contributed by atoms with Gasteiger partial charge < -0.3 is 24.7 Å². The number of amides is 1. The number of aromatic amines is 1. The SMILES string of the molecule is COCOC1(c2ncc(-c3c(Cl)cnc4[nH]c(-c5ccc(NC(=O)CN(C)C)c(Cl)c5)cc34)s2)CCC1. The summed E-state index contributed by atoms with van der Waals surface area (Å²) in [7, 11) is 5.29. The Morgan fingerprint density at radius 1 is 1.19 bits per heavy atom.